The van der Waals surface area contributed by atoms with Gasteiger partial charge in [0.05, 0.1) is 13.2 Å². The van der Waals surface area contributed by atoms with Crippen LogP contribution in [-0.4, -0.2) is 73.0 Å². The van der Waals surface area contributed by atoms with Crippen LogP contribution in [0.25, 0.3) is 0 Å². The molecule has 3 rings (SSSR count). The van der Waals surface area contributed by atoms with Gasteiger partial charge in [-0.15, -0.1) is 24.0 Å². The molecule has 0 spiro atoms. The number of ether oxygens (including phenoxy) is 1. The summed E-state index contributed by atoms with van der Waals surface area (Å²) in [5, 5.41) is 10.7. The van der Waals surface area contributed by atoms with Crippen molar-refractivity contribution in [2.75, 3.05) is 46.4 Å². The Morgan fingerprint density at radius 1 is 1.19 bits per heavy atom. The number of guanidine groups is 1. The van der Waals surface area contributed by atoms with Crippen LogP contribution in [0.1, 0.15) is 43.8 Å². The Balaban J connectivity index is 0.00000261. The van der Waals surface area contributed by atoms with Crippen molar-refractivity contribution in [3.05, 3.63) is 11.7 Å². The predicted molar refractivity (Wildman–Crippen MR) is 116 cm³/mol. The molecule has 27 heavy (non-hydrogen) atoms. The largest absolute Gasteiger partial charge is 0.379 e. The van der Waals surface area contributed by atoms with Crippen LogP contribution in [0.5, 0.6) is 0 Å². The van der Waals surface area contributed by atoms with Crippen LogP contribution in [0.3, 0.4) is 0 Å². The summed E-state index contributed by atoms with van der Waals surface area (Å²) in [7, 11) is 1.81. The highest BCUT2D eigenvalue weighted by Gasteiger charge is 2.38. The third-order valence-corrected chi connectivity index (χ3v) is 5.48. The van der Waals surface area contributed by atoms with Crippen molar-refractivity contribution in [1.82, 2.24) is 25.7 Å². The van der Waals surface area contributed by atoms with Crippen molar-refractivity contribution in [1.29, 1.82) is 0 Å². The van der Waals surface area contributed by atoms with Crippen LogP contribution >= 0.6 is 24.0 Å². The Kier molecular flexibility index (Phi) is 9.24. The third kappa shape index (κ3) is 6.28. The molecule has 1 aromatic heterocycles. The van der Waals surface area contributed by atoms with E-state index in [0.29, 0.717) is 24.7 Å². The summed E-state index contributed by atoms with van der Waals surface area (Å²) in [6, 6.07) is 0. The Bertz CT molecular complexity index is 582. The molecule has 8 nitrogen and oxygen atoms in total. The van der Waals surface area contributed by atoms with E-state index < -0.39 is 0 Å². The second-order valence-corrected chi connectivity index (χ2v) is 7.22. The molecule has 0 amide bonds. The minimum Gasteiger partial charge on any atom is -0.379 e. The third-order valence-electron chi connectivity index (χ3n) is 5.48. The first kappa shape index (κ1) is 22.4. The summed E-state index contributed by atoms with van der Waals surface area (Å²) in [6.07, 6.45) is 7.15. The zero-order chi connectivity index (χ0) is 18.2. The van der Waals surface area contributed by atoms with E-state index in [-0.39, 0.29) is 29.5 Å². The molecule has 1 saturated carbocycles. The summed E-state index contributed by atoms with van der Waals surface area (Å²) >= 11 is 0. The average molecular weight is 492 g/mol. The minimum absolute atomic E-state index is 0. The summed E-state index contributed by atoms with van der Waals surface area (Å²) in [6.45, 7) is 7.22. The number of halogens is 1. The van der Waals surface area contributed by atoms with Gasteiger partial charge in [-0.25, -0.2) is 0 Å². The molecule has 9 heteroatoms. The maximum Gasteiger partial charge on any atom is 0.228 e. The topological polar surface area (TPSA) is 87.8 Å². The van der Waals surface area contributed by atoms with E-state index in [1.165, 1.54) is 32.1 Å². The molecule has 1 aliphatic heterocycles. The number of aromatic nitrogens is 2. The number of nitrogens with zero attached hydrogens (tertiary/aromatic N) is 4. The molecule has 0 atom stereocenters. The Morgan fingerprint density at radius 3 is 2.56 bits per heavy atom. The first-order chi connectivity index (χ1) is 12.7. The van der Waals surface area contributed by atoms with Crippen molar-refractivity contribution in [3.8, 4) is 0 Å². The van der Waals surface area contributed by atoms with Crippen molar-refractivity contribution < 1.29 is 9.26 Å². The van der Waals surface area contributed by atoms with Gasteiger partial charge in [-0.2, -0.15) is 4.98 Å². The molecular weight excluding hydrogens is 459 g/mol. The van der Waals surface area contributed by atoms with Gasteiger partial charge in [-0.05, 0) is 19.8 Å². The normalized spacial score (nSPS) is 20.7. The van der Waals surface area contributed by atoms with Crippen molar-refractivity contribution >= 4 is 29.9 Å². The number of morpholine rings is 1. The van der Waals surface area contributed by atoms with Crippen molar-refractivity contribution in [2.24, 2.45) is 4.99 Å². The van der Waals surface area contributed by atoms with E-state index in [9.17, 15) is 0 Å². The van der Waals surface area contributed by atoms with Gasteiger partial charge in [0.25, 0.3) is 0 Å². The number of rotatable bonds is 6. The molecule has 1 saturated heterocycles. The fraction of sp³-hybridized carbons (Fsp3) is 0.833. The van der Waals surface area contributed by atoms with Crippen LogP contribution in [0.2, 0.25) is 0 Å². The SMILES string of the molecule is CN=C(NCCc1nc(C)no1)NCC1(N2CCOCC2)CCCCC1.I. The van der Waals surface area contributed by atoms with Gasteiger partial charge < -0.3 is 19.9 Å². The number of nitrogens with one attached hydrogen (secondary N) is 2. The van der Waals surface area contributed by atoms with Crippen molar-refractivity contribution in [2.45, 2.75) is 51.0 Å². The predicted octanol–water partition coefficient (Wildman–Crippen LogP) is 1.74. The zero-order valence-electron chi connectivity index (χ0n) is 16.5. The minimum atomic E-state index is 0. The zero-order valence-corrected chi connectivity index (χ0v) is 18.8. The van der Waals surface area contributed by atoms with E-state index in [4.69, 9.17) is 9.26 Å². The lowest BCUT2D eigenvalue weighted by atomic mass is 9.80. The highest BCUT2D eigenvalue weighted by atomic mass is 127. The van der Waals surface area contributed by atoms with E-state index in [2.05, 4.69) is 30.7 Å². The van der Waals surface area contributed by atoms with Crippen LogP contribution in [0.4, 0.5) is 0 Å². The number of hydrogen-bond donors (Lipinski definition) is 2. The molecule has 2 aliphatic rings. The van der Waals surface area contributed by atoms with Crippen LogP contribution in [0, 0.1) is 6.92 Å². The second kappa shape index (κ2) is 11.2. The van der Waals surface area contributed by atoms with E-state index >= 15 is 0 Å². The highest BCUT2D eigenvalue weighted by Crippen LogP contribution is 2.33. The average Bonchev–Trinajstić information content (AvgIpc) is 3.11. The van der Waals surface area contributed by atoms with Gasteiger partial charge >= 0.3 is 0 Å². The van der Waals surface area contributed by atoms with E-state index in [0.717, 1.165) is 38.8 Å². The summed E-state index contributed by atoms with van der Waals surface area (Å²) < 4.78 is 10.7. The number of hydrogen-bond acceptors (Lipinski definition) is 6. The van der Waals surface area contributed by atoms with Crippen LogP contribution in [0.15, 0.2) is 9.52 Å². The fourth-order valence-corrected chi connectivity index (χ4v) is 4.05. The lowest BCUT2D eigenvalue weighted by molar-refractivity contribution is -0.0352. The maximum absolute atomic E-state index is 5.56. The van der Waals surface area contributed by atoms with Gasteiger partial charge in [0.1, 0.15) is 0 Å². The summed E-state index contributed by atoms with van der Waals surface area (Å²) in [4.78, 5) is 11.2. The second-order valence-electron chi connectivity index (χ2n) is 7.22. The monoisotopic (exact) mass is 492 g/mol. The van der Waals surface area contributed by atoms with Crippen LogP contribution < -0.4 is 10.6 Å². The lowest BCUT2D eigenvalue weighted by Gasteiger charge is -2.48. The van der Waals surface area contributed by atoms with Gasteiger partial charge in [-0.3, -0.25) is 9.89 Å². The van der Waals surface area contributed by atoms with Gasteiger partial charge in [0.15, 0.2) is 11.8 Å². The molecule has 2 N–H and O–H groups in total. The molecule has 0 radical (unpaired) electrons. The Morgan fingerprint density at radius 2 is 1.93 bits per heavy atom. The standard InChI is InChI=1S/C18H32N6O2.HI/c1-15-22-16(26-23-15)6-9-20-17(19-2)21-14-18(7-4-3-5-8-18)24-10-12-25-13-11-24;/h3-14H2,1-2H3,(H2,19,20,21);1H. The molecule has 1 aliphatic carbocycles. The smallest absolute Gasteiger partial charge is 0.228 e. The van der Waals surface area contributed by atoms with E-state index in [1.807, 2.05) is 14.0 Å². The number of aliphatic imine (C=N–C) groups is 1. The summed E-state index contributed by atoms with van der Waals surface area (Å²) in [5.74, 6) is 2.16. The molecule has 2 heterocycles. The molecule has 0 bridgehead atoms. The molecule has 2 fully saturated rings. The van der Waals surface area contributed by atoms with Gasteiger partial charge in [-0.1, -0.05) is 24.4 Å². The molecule has 0 aromatic carbocycles. The molecule has 1 aromatic rings. The molecule has 154 valence electrons. The first-order valence-electron chi connectivity index (χ1n) is 9.78. The fourth-order valence-electron chi connectivity index (χ4n) is 4.05. The highest BCUT2D eigenvalue weighted by molar-refractivity contribution is 14.0. The lowest BCUT2D eigenvalue weighted by Crippen LogP contribution is -2.60. The Hall–Kier alpha value is -0.940. The van der Waals surface area contributed by atoms with E-state index in [1.54, 1.807) is 0 Å². The number of aryl methyl sites for hydroxylation is 1. The molecule has 0 unspecified atom stereocenters. The van der Waals surface area contributed by atoms with Crippen LogP contribution in [-0.2, 0) is 11.2 Å². The molecular formula is C18H33IN6O2. The van der Waals surface area contributed by atoms with Gasteiger partial charge in [0.2, 0.25) is 5.89 Å². The Labute approximate surface area is 178 Å². The van der Waals surface area contributed by atoms with Crippen molar-refractivity contribution in [3.63, 3.8) is 0 Å². The van der Waals surface area contributed by atoms with Gasteiger partial charge in [0, 0.05) is 45.2 Å². The quantitative estimate of drug-likeness (QED) is 0.356. The maximum atomic E-state index is 5.56. The summed E-state index contributed by atoms with van der Waals surface area (Å²) in [5.41, 5.74) is 0.225. The first-order valence-corrected chi connectivity index (χ1v) is 9.78.